The highest BCUT2D eigenvalue weighted by Crippen LogP contribution is 2.31. The van der Waals surface area contributed by atoms with Crippen LogP contribution in [0, 0.1) is 0 Å². The molecule has 2 N–H and O–H groups in total. The molecule has 1 saturated heterocycles. The molecule has 0 aromatic heterocycles. The lowest BCUT2D eigenvalue weighted by Crippen LogP contribution is -2.34. The topological polar surface area (TPSA) is 64.8 Å². The van der Waals surface area contributed by atoms with Crippen molar-refractivity contribution in [1.29, 1.82) is 0 Å². The first-order valence-electron chi connectivity index (χ1n) is 6.73. The number of carbonyl (C=O) groups excluding carboxylic acids is 1. The zero-order valence-corrected chi connectivity index (χ0v) is 11.5. The normalized spacial score (nSPS) is 21.0. The van der Waals surface area contributed by atoms with Gasteiger partial charge >= 0.3 is 0 Å². The number of benzene rings is 1. The Morgan fingerprint density at radius 1 is 1.50 bits per heavy atom. The molecule has 3 rings (SSSR count). The number of carbonyl (C=O) groups is 1. The van der Waals surface area contributed by atoms with E-state index in [-0.39, 0.29) is 11.9 Å². The fourth-order valence-corrected chi connectivity index (χ4v) is 2.57. The summed E-state index contributed by atoms with van der Waals surface area (Å²) in [6.07, 6.45) is 2.76. The second-order valence-electron chi connectivity index (χ2n) is 5.16. The van der Waals surface area contributed by atoms with Crippen LogP contribution >= 0.6 is 0 Å². The molecule has 1 amide bonds. The molecule has 0 spiro atoms. The summed E-state index contributed by atoms with van der Waals surface area (Å²) in [5.41, 5.74) is 7.43. The number of hydrogen-bond acceptors (Lipinski definition) is 4. The zero-order chi connectivity index (χ0) is 14.1. The molecule has 1 fully saturated rings. The molecule has 0 aliphatic carbocycles. The van der Waals surface area contributed by atoms with Gasteiger partial charge in [0.2, 0.25) is 0 Å². The van der Waals surface area contributed by atoms with Gasteiger partial charge in [0, 0.05) is 30.8 Å². The van der Waals surface area contributed by atoms with E-state index in [1.165, 1.54) is 0 Å². The van der Waals surface area contributed by atoms with Crippen LogP contribution in [0.4, 0.5) is 0 Å². The Bertz CT molecular complexity index is 568. The quantitative estimate of drug-likeness (QED) is 0.875. The zero-order valence-electron chi connectivity index (χ0n) is 11.5. The van der Waals surface area contributed by atoms with Crippen LogP contribution in [-0.4, -0.2) is 43.7 Å². The Morgan fingerprint density at radius 2 is 2.35 bits per heavy atom. The molecule has 1 aromatic carbocycles. The van der Waals surface area contributed by atoms with Crippen LogP contribution < -0.4 is 15.2 Å². The third-order valence-corrected chi connectivity index (χ3v) is 3.72. The van der Waals surface area contributed by atoms with Crippen molar-refractivity contribution < 1.29 is 14.3 Å². The van der Waals surface area contributed by atoms with Crippen molar-refractivity contribution >= 4 is 12.0 Å². The fourth-order valence-electron chi connectivity index (χ4n) is 2.57. The standard InChI is InChI=1S/C15H18N2O3/c1-19-13-3-2-10-6-11(9-20-14(10)7-13)15(18)17-5-4-12(16)8-17/h2-3,6-7,12H,4-5,8-9,16H2,1H3. The summed E-state index contributed by atoms with van der Waals surface area (Å²) in [6.45, 7) is 1.66. The molecule has 1 aromatic rings. The Hall–Kier alpha value is -2.01. The van der Waals surface area contributed by atoms with E-state index in [2.05, 4.69) is 0 Å². The fraction of sp³-hybridized carbons (Fsp3) is 0.400. The Balaban J connectivity index is 1.81. The number of amides is 1. The van der Waals surface area contributed by atoms with Crippen LogP contribution in [0.2, 0.25) is 0 Å². The van der Waals surface area contributed by atoms with Gasteiger partial charge < -0.3 is 20.1 Å². The molecular weight excluding hydrogens is 256 g/mol. The number of fused-ring (bicyclic) bond motifs is 1. The van der Waals surface area contributed by atoms with Gasteiger partial charge in [-0.3, -0.25) is 4.79 Å². The number of rotatable bonds is 2. The van der Waals surface area contributed by atoms with Crippen molar-refractivity contribution in [2.24, 2.45) is 5.73 Å². The van der Waals surface area contributed by atoms with Crippen LogP contribution in [0.1, 0.15) is 12.0 Å². The molecule has 5 nitrogen and oxygen atoms in total. The highest BCUT2D eigenvalue weighted by molar-refractivity contribution is 5.99. The molecule has 20 heavy (non-hydrogen) atoms. The number of ether oxygens (including phenoxy) is 2. The number of hydrogen-bond donors (Lipinski definition) is 1. The lowest BCUT2D eigenvalue weighted by atomic mass is 10.1. The lowest BCUT2D eigenvalue weighted by molar-refractivity contribution is -0.126. The minimum absolute atomic E-state index is 0.0272. The van der Waals surface area contributed by atoms with E-state index < -0.39 is 0 Å². The molecule has 0 radical (unpaired) electrons. The van der Waals surface area contributed by atoms with Crippen molar-refractivity contribution in [2.75, 3.05) is 26.8 Å². The Labute approximate surface area is 118 Å². The maximum absolute atomic E-state index is 12.4. The predicted molar refractivity (Wildman–Crippen MR) is 75.6 cm³/mol. The van der Waals surface area contributed by atoms with Gasteiger partial charge in [0.05, 0.1) is 12.7 Å². The minimum atomic E-state index is 0.0272. The molecule has 0 bridgehead atoms. The van der Waals surface area contributed by atoms with E-state index in [4.69, 9.17) is 15.2 Å². The summed E-state index contributed by atoms with van der Waals surface area (Å²) in [7, 11) is 1.62. The second kappa shape index (κ2) is 5.17. The van der Waals surface area contributed by atoms with Gasteiger partial charge in [-0.2, -0.15) is 0 Å². The van der Waals surface area contributed by atoms with E-state index >= 15 is 0 Å². The molecule has 2 aliphatic rings. The average Bonchev–Trinajstić information content (AvgIpc) is 2.92. The summed E-state index contributed by atoms with van der Waals surface area (Å²) >= 11 is 0. The first kappa shape index (κ1) is 13.0. The molecule has 2 aliphatic heterocycles. The summed E-state index contributed by atoms with van der Waals surface area (Å²) in [4.78, 5) is 14.2. The highest BCUT2D eigenvalue weighted by atomic mass is 16.5. The third kappa shape index (κ3) is 2.36. The van der Waals surface area contributed by atoms with Crippen molar-refractivity contribution in [3.8, 4) is 11.5 Å². The molecule has 2 heterocycles. The Morgan fingerprint density at radius 3 is 3.05 bits per heavy atom. The monoisotopic (exact) mass is 274 g/mol. The first-order valence-corrected chi connectivity index (χ1v) is 6.73. The van der Waals surface area contributed by atoms with Crippen molar-refractivity contribution in [1.82, 2.24) is 4.90 Å². The van der Waals surface area contributed by atoms with Gasteiger partial charge in [-0.25, -0.2) is 0 Å². The summed E-state index contributed by atoms with van der Waals surface area (Å²) in [6, 6.07) is 5.69. The summed E-state index contributed by atoms with van der Waals surface area (Å²) < 4.78 is 10.8. The number of nitrogens with two attached hydrogens (primary N) is 1. The van der Waals surface area contributed by atoms with Crippen LogP contribution in [-0.2, 0) is 4.79 Å². The number of methoxy groups -OCH3 is 1. The molecular formula is C15H18N2O3. The van der Waals surface area contributed by atoms with Gasteiger partial charge in [0.15, 0.2) is 0 Å². The van der Waals surface area contributed by atoms with Gasteiger partial charge in [0.1, 0.15) is 18.1 Å². The lowest BCUT2D eigenvalue weighted by Gasteiger charge is -2.22. The van der Waals surface area contributed by atoms with Gasteiger partial charge in [0.25, 0.3) is 5.91 Å². The van der Waals surface area contributed by atoms with Crippen LogP contribution in [0.3, 0.4) is 0 Å². The maximum atomic E-state index is 12.4. The van der Waals surface area contributed by atoms with Crippen LogP contribution in [0.15, 0.2) is 23.8 Å². The molecule has 0 saturated carbocycles. The third-order valence-electron chi connectivity index (χ3n) is 3.72. The van der Waals surface area contributed by atoms with Crippen LogP contribution in [0.5, 0.6) is 11.5 Å². The van der Waals surface area contributed by atoms with Crippen LogP contribution in [0.25, 0.3) is 6.08 Å². The molecule has 1 atom stereocenters. The molecule has 1 unspecified atom stereocenters. The number of likely N-dealkylation sites (tertiary alicyclic amines) is 1. The Kier molecular flexibility index (Phi) is 3.36. The van der Waals surface area contributed by atoms with E-state index in [0.717, 1.165) is 30.0 Å². The van der Waals surface area contributed by atoms with Crippen molar-refractivity contribution in [3.63, 3.8) is 0 Å². The van der Waals surface area contributed by atoms with Gasteiger partial charge in [-0.05, 0) is 24.6 Å². The van der Waals surface area contributed by atoms with E-state index in [9.17, 15) is 4.79 Å². The largest absolute Gasteiger partial charge is 0.497 e. The van der Waals surface area contributed by atoms with Crippen molar-refractivity contribution in [3.05, 3.63) is 29.3 Å². The van der Waals surface area contributed by atoms with E-state index in [1.54, 1.807) is 12.0 Å². The molecule has 106 valence electrons. The van der Waals surface area contributed by atoms with E-state index in [1.807, 2.05) is 24.3 Å². The summed E-state index contributed by atoms with van der Waals surface area (Å²) in [5.74, 6) is 1.52. The first-order chi connectivity index (χ1) is 9.67. The second-order valence-corrected chi connectivity index (χ2v) is 5.16. The smallest absolute Gasteiger partial charge is 0.253 e. The average molecular weight is 274 g/mol. The predicted octanol–water partition coefficient (Wildman–Crippen LogP) is 1.03. The van der Waals surface area contributed by atoms with Gasteiger partial charge in [-0.15, -0.1) is 0 Å². The molecule has 5 heteroatoms. The number of nitrogens with zero attached hydrogens (tertiary/aromatic N) is 1. The van der Waals surface area contributed by atoms with Gasteiger partial charge in [-0.1, -0.05) is 0 Å². The summed E-state index contributed by atoms with van der Waals surface area (Å²) in [5, 5.41) is 0. The van der Waals surface area contributed by atoms with E-state index in [0.29, 0.717) is 18.7 Å². The SMILES string of the molecule is COc1ccc2c(c1)OCC(C(=O)N1CCC(N)C1)=C2. The van der Waals surface area contributed by atoms with Crippen molar-refractivity contribution in [2.45, 2.75) is 12.5 Å². The highest BCUT2D eigenvalue weighted by Gasteiger charge is 2.27. The maximum Gasteiger partial charge on any atom is 0.253 e. The minimum Gasteiger partial charge on any atom is -0.497 e.